The second-order valence-corrected chi connectivity index (χ2v) is 1.78. The summed E-state index contributed by atoms with van der Waals surface area (Å²) in [5.41, 5.74) is 0.312. The van der Waals surface area contributed by atoms with Gasteiger partial charge in [-0.1, -0.05) is 13.2 Å². The van der Waals surface area contributed by atoms with Crippen molar-refractivity contribution in [1.82, 2.24) is 4.90 Å². The Balaban J connectivity index is 4.29. The number of hydrogen-bond acceptors (Lipinski definition) is 2. The third kappa shape index (κ3) is 1.85. The molecule has 0 fully saturated rings. The fourth-order valence-electron chi connectivity index (χ4n) is 0.394. The van der Waals surface area contributed by atoms with Gasteiger partial charge < -0.3 is 0 Å². The van der Waals surface area contributed by atoms with Crippen LogP contribution < -0.4 is 0 Å². The van der Waals surface area contributed by atoms with Crippen molar-refractivity contribution >= 4 is 12.3 Å². The summed E-state index contributed by atoms with van der Waals surface area (Å²) in [6.07, 6.45) is 1.54. The van der Waals surface area contributed by atoms with E-state index in [-0.39, 0.29) is 0 Å². The molecule has 0 bridgehead atoms. The minimum Gasteiger partial charge on any atom is -0.278 e. The molecule has 0 aliphatic carbocycles. The van der Waals surface area contributed by atoms with Crippen LogP contribution in [0.1, 0.15) is 6.92 Å². The van der Waals surface area contributed by atoms with E-state index in [1.165, 1.54) is 6.92 Å². The summed E-state index contributed by atoms with van der Waals surface area (Å²) >= 11 is 0. The maximum atomic E-state index is 10.8. The molecular formula is C7H9NO2. The normalized spacial score (nSPS) is 8.10. The molecule has 0 aliphatic rings. The van der Waals surface area contributed by atoms with Crippen molar-refractivity contribution in [2.75, 3.05) is 0 Å². The number of amides is 2. The van der Waals surface area contributed by atoms with Crippen LogP contribution in [0.15, 0.2) is 24.9 Å². The number of imide groups is 1. The lowest BCUT2D eigenvalue weighted by atomic mass is 10.3. The van der Waals surface area contributed by atoms with Crippen LogP contribution in [0.5, 0.6) is 0 Å². The lowest BCUT2D eigenvalue weighted by Crippen LogP contribution is -2.23. The summed E-state index contributed by atoms with van der Waals surface area (Å²) in [6, 6.07) is 0. The third-order valence-corrected chi connectivity index (χ3v) is 0.910. The van der Waals surface area contributed by atoms with E-state index in [0.29, 0.717) is 12.0 Å². The highest BCUT2D eigenvalue weighted by Gasteiger charge is 2.07. The molecule has 0 aromatic rings. The SMILES string of the molecule is C=CN(C=O)C(=O)C(=C)C. The minimum absolute atomic E-state index is 0.312. The van der Waals surface area contributed by atoms with E-state index >= 15 is 0 Å². The number of rotatable bonds is 3. The largest absolute Gasteiger partial charge is 0.278 e. The molecule has 0 aromatic carbocycles. The molecule has 0 saturated carbocycles. The lowest BCUT2D eigenvalue weighted by molar-refractivity contribution is -0.132. The molecule has 54 valence electrons. The molecule has 0 aliphatic heterocycles. The van der Waals surface area contributed by atoms with Crippen LogP contribution in [0.4, 0.5) is 0 Å². The minimum atomic E-state index is -0.426. The first-order valence-electron chi connectivity index (χ1n) is 2.69. The van der Waals surface area contributed by atoms with Crippen LogP contribution in [0.3, 0.4) is 0 Å². The molecule has 0 unspecified atom stereocenters. The van der Waals surface area contributed by atoms with Crippen molar-refractivity contribution in [2.45, 2.75) is 6.92 Å². The summed E-state index contributed by atoms with van der Waals surface area (Å²) in [7, 11) is 0. The van der Waals surface area contributed by atoms with Gasteiger partial charge in [-0.05, 0) is 6.92 Å². The van der Waals surface area contributed by atoms with Gasteiger partial charge in [0.25, 0.3) is 5.91 Å². The van der Waals surface area contributed by atoms with Gasteiger partial charge in [0.05, 0.1) is 0 Å². The molecule has 0 spiro atoms. The van der Waals surface area contributed by atoms with E-state index in [9.17, 15) is 9.59 Å². The second kappa shape index (κ2) is 3.61. The Bertz CT molecular complexity index is 176. The number of carbonyl (C=O) groups excluding carboxylic acids is 2. The highest BCUT2D eigenvalue weighted by Crippen LogP contribution is 1.94. The highest BCUT2D eigenvalue weighted by molar-refractivity contribution is 5.99. The van der Waals surface area contributed by atoms with Gasteiger partial charge in [0.2, 0.25) is 6.41 Å². The standard InChI is InChI=1S/C7H9NO2/c1-4-8(5-9)7(10)6(2)3/h4-5H,1-2H2,3H3. The maximum Gasteiger partial charge on any atom is 0.259 e. The number of hydrogen-bond donors (Lipinski definition) is 0. The van der Waals surface area contributed by atoms with Crippen molar-refractivity contribution < 1.29 is 9.59 Å². The zero-order valence-corrected chi connectivity index (χ0v) is 5.83. The van der Waals surface area contributed by atoms with Crippen molar-refractivity contribution in [2.24, 2.45) is 0 Å². The Labute approximate surface area is 59.6 Å². The van der Waals surface area contributed by atoms with E-state index < -0.39 is 5.91 Å². The molecule has 0 N–H and O–H groups in total. The van der Waals surface area contributed by atoms with Crippen LogP contribution in [0.25, 0.3) is 0 Å². The Morgan fingerprint density at radius 1 is 1.60 bits per heavy atom. The highest BCUT2D eigenvalue weighted by atomic mass is 16.2. The van der Waals surface area contributed by atoms with E-state index in [1.54, 1.807) is 0 Å². The van der Waals surface area contributed by atoms with Gasteiger partial charge >= 0.3 is 0 Å². The molecule has 10 heavy (non-hydrogen) atoms. The monoisotopic (exact) mass is 139 g/mol. The fraction of sp³-hybridized carbons (Fsp3) is 0.143. The fourth-order valence-corrected chi connectivity index (χ4v) is 0.394. The smallest absolute Gasteiger partial charge is 0.259 e. The van der Waals surface area contributed by atoms with Crippen molar-refractivity contribution in [3.63, 3.8) is 0 Å². The lowest BCUT2D eigenvalue weighted by Gasteiger charge is -2.07. The second-order valence-electron chi connectivity index (χ2n) is 1.78. The Kier molecular flexibility index (Phi) is 3.11. The first-order chi connectivity index (χ1) is 4.63. The van der Waals surface area contributed by atoms with E-state index in [1.807, 2.05) is 0 Å². The van der Waals surface area contributed by atoms with Gasteiger partial charge in [-0.3, -0.25) is 14.5 Å². The maximum absolute atomic E-state index is 10.8. The topological polar surface area (TPSA) is 37.4 Å². The van der Waals surface area contributed by atoms with Crippen molar-refractivity contribution in [3.05, 3.63) is 24.9 Å². The van der Waals surface area contributed by atoms with Gasteiger partial charge in [0, 0.05) is 11.8 Å². The summed E-state index contributed by atoms with van der Waals surface area (Å²) < 4.78 is 0. The van der Waals surface area contributed by atoms with Gasteiger partial charge in [-0.2, -0.15) is 0 Å². The molecule has 0 aromatic heterocycles. The first kappa shape index (κ1) is 8.62. The van der Waals surface area contributed by atoms with Gasteiger partial charge in [0.15, 0.2) is 0 Å². The average Bonchev–Trinajstić information content (AvgIpc) is 1.90. The molecule has 0 radical (unpaired) electrons. The Hall–Kier alpha value is -1.38. The molecule has 0 atom stereocenters. The average molecular weight is 139 g/mol. The number of carbonyl (C=O) groups is 2. The zero-order chi connectivity index (χ0) is 8.15. The summed E-state index contributed by atoms with van der Waals surface area (Å²) in [5.74, 6) is -0.426. The van der Waals surface area contributed by atoms with Crippen LogP contribution in [0, 0.1) is 0 Å². The van der Waals surface area contributed by atoms with E-state index in [0.717, 1.165) is 11.1 Å². The van der Waals surface area contributed by atoms with Crippen LogP contribution in [-0.2, 0) is 9.59 Å². The van der Waals surface area contributed by atoms with Crippen LogP contribution >= 0.6 is 0 Å². The molecule has 0 heterocycles. The summed E-state index contributed by atoms with van der Waals surface area (Å²) in [6.45, 7) is 8.17. The first-order valence-corrected chi connectivity index (χ1v) is 2.69. The van der Waals surface area contributed by atoms with Gasteiger partial charge in [0.1, 0.15) is 0 Å². The van der Waals surface area contributed by atoms with Crippen molar-refractivity contribution in [3.8, 4) is 0 Å². The van der Waals surface area contributed by atoms with Crippen LogP contribution in [0.2, 0.25) is 0 Å². The molecule has 0 saturated heterocycles. The third-order valence-electron chi connectivity index (χ3n) is 0.910. The summed E-state index contributed by atoms with van der Waals surface area (Å²) in [5, 5.41) is 0. The molecule has 2 amide bonds. The van der Waals surface area contributed by atoms with E-state index in [2.05, 4.69) is 13.2 Å². The molecule has 0 rings (SSSR count). The van der Waals surface area contributed by atoms with Gasteiger partial charge in [-0.25, -0.2) is 0 Å². The molecular weight excluding hydrogens is 130 g/mol. The summed E-state index contributed by atoms with van der Waals surface area (Å²) in [4.78, 5) is 21.7. The van der Waals surface area contributed by atoms with E-state index in [4.69, 9.17) is 0 Å². The number of nitrogens with zero attached hydrogens (tertiary/aromatic N) is 1. The zero-order valence-electron chi connectivity index (χ0n) is 5.83. The Morgan fingerprint density at radius 2 is 2.10 bits per heavy atom. The molecule has 3 heteroatoms. The Morgan fingerprint density at radius 3 is 2.20 bits per heavy atom. The molecule has 3 nitrogen and oxygen atoms in total. The quantitative estimate of drug-likeness (QED) is 0.426. The predicted octanol–water partition coefficient (Wildman–Crippen LogP) is 0.691. The van der Waals surface area contributed by atoms with Crippen molar-refractivity contribution in [1.29, 1.82) is 0 Å². The predicted molar refractivity (Wildman–Crippen MR) is 37.9 cm³/mol. The van der Waals surface area contributed by atoms with Crippen LogP contribution in [-0.4, -0.2) is 17.2 Å². The van der Waals surface area contributed by atoms with Gasteiger partial charge in [-0.15, -0.1) is 0 Å².